The van der Waals surface area contributed by atoms with Crippen LogP contribution in [0.2, 0.25) is 0 Å². The van der Waals surface area contributed by atoms with Crippen molar-refractivity contribution in [3.05, 3.63) is 52.8 Å². The average Bonchev–Trinajstić information content (AvgIpc) is 3.23. The molecule has 1 saturated carbocycles. The van der Waals surface area contributed by atoms with E-state index >= 15 is 0 Å². The van der Waals surface area contributed by atoms with Gasteiger partial charge in [0.25, 0.3) is 5.56 Å². The van der Waals surface area contributed by atoms with Crippen LogP contribution in [-0.4, -0.2) is 45.0 Å². The number of carbonyl (C=O) groups is 1. The molecule has 2 aromatic heterocycles. The van der Waals surface area contributed by atoms with Crippen LogP contribution >= 0.6 is 0 Å². The lowest BCUT2D eigenvalue weighted by atomic mass is 9.93. The zero-order valence-electron chi connectivity index (χ0n) is 17.5. The van der Waals surface area contributed by atoms with E-state index in [4.69, 9.17) is 0 Å². The highest BCUT2D eigenvalue weighted by Gasteiger charge is 2.56. The van der Waals surface area contributed by atoms with Crippen molar-refractivity contribution < 1.29 is 9.18 Å². The highest BCUT2D eigenvalue weighted by molar-refractivity contribution is 5.79. The van der Waals surface area contributed by atoms with Crippen molar-refractivity contribution in [3.8, 4) is 11.3 Å². The van der Waals surface area contributed by atoms with E-state index in [2.05, 4.69) is 27.4 Å². The number of hydrogen-bond donors (Lipinski definition) is 1. The van der Waals surface area contributed by atoms with E-state index < -0.39 is 5.82 Å². The van der Waals surface area contributed by atoms with Crippen LogP contribution in [0.1, 0.15) is 19.3 Å². The van der Waals surface area contributed by atoms with Crippen LogP contribution in [0, 0.1) is 29.5 Å². The smallest absolute Gasteiger partial charge is 0.255 e. The summed E-state index contributed by atoms with van der Waals surface area (Å²) in [7, 11) is 1.65. The van der Waals surface area contributed by atoms with Gasteiger partial charge in [0, 0.05) is 50.4 Å². The number of nitrogens with one attached hydrogen (secondary N) is 1. The number of nitrogens with zero attached hydrogens (tertiary/aromatic N) is 4. The molecule has 0 spiro atoms. The number of fused-ring (bicyclic) bond motifs is 1. The van der Waals surface area contributed by atoms with E-state index in [1.165, 1.54) is 22.9 Å². The Hall–Kier alpha value is -3.03. The molecular weight excluding hydrogens is 397 g/mol. The Kier molecular flexibility index (Phi) is 5.08. The maximum Gasteiger partial charge on any atom is 0.255 e. The molecule has 1 amide bonds. The van der Waals surface area contributed by atoms with Crippen molar-refractivity contribution in [1.82, 2.24) is 19.4 Å². The Bertz CT molecular complexity index is 1090. The first-order chi connectivity index (χ1) is 15.0. The third-order valence-corrected chi connectivity index (χ3v) is 6.98. The lowest BCUT2D eigenvalue weighted by molar-refractivity contribution is -0.135. The van der Waals surface area contributed by atoms with Gasteiger partial charge in [0.2, 0.25) is 11.9 Å². The summed E-state index contributed by atoms with van der Waals surface area (Å²) in [6.45, 7) is 2.33. The molecule has 2 fully saturated rings. The summed E-state index contributed by atoms with van der Waals surface area (Å²) in [6.07, 6.45) is 9.70. The van der Waals surface area contributed by atoms with Gasteiger partial charge in [-0.25, -0.2) is 9.37 Å². The number of amides is 1. The molecular formula is C23H26FN5O2. The number of carbonyl (C=O) groups excluding carboxylic acids is 1. The van der Waals surface area contributed by atoms with Crippen molar-refractivity contribution in [3.63, 3.8) is 0 Å². The highest BCUT2D eigenvalue weighted by atomic mass is 19.1. The monoisotopic (exact) mass is 423 g/mol. The summed E-state index contributed by atoms with van der Waals surface area (Å²) in [5.41, 5.74) is 0.295. The Morgan fingerprint density at radius 3 is 2.81 bits per heavy atom. The standard InChI is InChI=1S/C23H26FN5O2/c1-28-21(30)9-20(15-7-8-25-11-19(15)24)27-23(28)26-10-16-17-12-29(13-18(16)17)22(31)14-5-3-2-4-6-14/h2-3,7-9,11,14,16-18H,4-6,10,12-13H2,1H3,(H,26,27). The molecule has 2 aliphatic carbocycles. The van der Waals surface area contributed by atoms with Crippen LogP contribution in [0.3, 0.4) is 0 Å². The quantitative estimate of drug-likeness (QED) is 0.748. The largest absolute Gasteiger partial charge is 0.355 e. The SMILES string of the molecule is Cn1c(NCC2C3CN(C(=O)C4CC=CCC4)CC23)nc(-c2ccncc2F)cc1=O. The van der Waals surface area contributed by atoms with Gasteiger partial charge in [-0.15, -0.1) is 0 Å². The predicted octanol–water partition coefficient (Wildman–Crippen LogP) is 2.45. The van der Waals surface area contributed by atoms with Crippen molar-refractivity contribution in [2.75, 3.05) is 25.0 Å². The van der Waals surface area contributed by atoms with E-state index in [-0.39, 0.29) is 17.0 Å². The summed E-state index contributed by atoms with van der Waals surface area (Å²) < 4.78 is 15.5. The molecule has 0 radical (unpaired) electrons. The summed E-state index contributed by atoms with van der Waals surface area (Å²) in [6, 6.07) is 2.85. The fraction of sp³-hybridized carbons (Fsp3) is 0.478. The topological polar surface area (TPSA) is 80.1 Å². The van der Waals surface area contributed by atoms with E-state index in [1.807, 2.05) is 4.90 Å². The fourth-order valence-electron chi connectivity index (χ4n) is 5.04. The fourth-order valence-corrected chi connectivity index (χ4v) is 5.04. The van der Waals surface area contributed by atoms with Crippen LogP contribution < -0.4 is 10.9 Å². The number of anilines is 1. The number of hydrogen-bond acceptors (Lipinski definition) is 5. The molecule has 0 bridgehead atoms. The lowest BCUT2D eigenvalue weighted by Gasteiger charge is -2.26. The molecule has 7 nitrogen and oxygen atoms in total. The molecule has 2 aromatic rings. The zero-order chi connectivity index (χ0) is 21.5. The Balaban J connectivity index is 1.21. The summed E-state index contributed by atoms with van der Waals surface area (Å²) >= 11 is 0. The normalized spacial score (nSPS) is 26.6. The number of likely N-dealkylation sites (tertiary alicyclic amines) is 1. The van der Waals surface area contributed by atoms with Crippen molar-refractivity contribution in [1.29, 1.82) is 0 Å². The van der Waals surface area contributed by atoms with Crippen LogP contribution in [0.15, 0.2) is 41.5 Å². The molecule has 1 aliphatic heterocycles. The molecule has 0 aromatic carbocycles. The molecule has 3 unspecified atom stereocenters. The van der Waals surface area contributed by atoms with Crippen LogP contribution in [0.4, 0.5) is 10.3 Å². The molecule has 3 aliphatic rings. The molecule has 31 heavy (non-hydrogen) atoms. The van der Waals surface area contributed by atoms with E-state index in [9.17, 15) is 14.0 Å². The number of rotatable bonds is 5. The first-order valence-corrected chi connectivity index (χ1v) is 10.9. The first-order valence-electron chi connectivity index (χ1n) is 10.9. The molecule has 8 heteroatoms. The van der Waals surface area contributed by atoms with Crippen LogP contribution in [-0.2, 0) is 11.8 Å². The number of aromatic nitrogens is 3. The van der Waals surface area contributed by atoms with Gasteiger partial charge < -0.3 is 10.2 Å². The van der Waals surface area contributed by atoms with Gasteiger partial charge in [0.15, 0.2) is 5.82 Å². The van der Waals surface area contributed by atoms with Crippen LogP contribution in [0.25, 0.3) is 11.3 Å². The molecule has 3 atom stereocenters. The molecule has 162 valence electrons. The van der Waals surface area contributed by atoms with E-state index in [0.717, 1.165) is 38.5 Å². The van der Waals surface area contributed by atoms with Crippen LogP contribution in [0.5, 0.6) is 0 Å². The molecule has 1 N–H and O–H groups in total. The second-order valence-corrected chi connectivity index (χ2v) is 8.81. The minimum Gasteiger partial charge on any atom is -0.355 e. The molecule has 1 saturated heterocycles. The van der Waals surface area contributed by atoms with Gasteiger partial charge in [-0.2, -0.15) is 0 Å². The van der Waals surface area contributed by atoms with Gasteiger partial charge in [0.1, 0.15) is 0 Å². The number of halogens is 1. The average molecular weight is 423 g/mol. The first kappa shape index (κ1) is 19.9. The highest BCUT2D eigenvalue weighted by Crippen LogP contribution is 2.52. The lowest BCUT2D eigenvalue weighted by Crippen LogP contribution is -2.37. The maximum atomic E-state index is 14.1. The third-order valence-electron chi connectivity index (χ3n) is 6.98. The zero-order valence-corrected chi connectivity index (χ0v) is 17.5. The van der Waals surface area contributed by atoms with Gasteiger partial charge >= 0.3 is 0 Å². The number of allylic oxidation sites excluding steroid dienone is 2. The molecule has 5 rings (SSSR count). The minimum absolute atomic E-state index is 0.147. The Morgan fingerprint density at radius 2 is 2.10 bits per heavy atom. The summed E-state index contributed by atoms with van der Waals surface area (Å²) in [4.78, 5) is 35.4. The van der Waals surface area contributed by atoms with Crippen molar-refractivity contribution >= 4 is 11.9 Å². The summed E-state index contributed by atoms with van der Waals surface area (Å²) in [5, 5.41) is 3.28. The van der Waals surface area contributed by atoms with Gasteiger partial charge in [-0.3, -0.25) is 19.1 Å². The predicted molar refractivity (Wildman–Crippen MR) is 115 cm³/mol. The van der Waals surface area contributed by atoms with Crippen molar-refractivity contribution in [2.24, 2.45) is 30.7 Å². The van der Waals surface area contributed by atoms with E-state index in [0.29, 0.717) is 41.8 Å². The number of piperidine rings is 1. The second-order valence-electron chi connectivity index (χ2n) is 8.81. The molecule has 3 heterocycles. The van der Waals surface area contributed by atoms with E-state index in [1.54, 1.807) is 7.05 Å². The number of pyridine rings is 1. The van der Waals surface area contributed by atoms with Gasteiger partial charge in [0.05, 0.1) is 11.9 Å². The Labute approximate surface area is 180 Å². The maximum absolute atomic E-state index is 14.1. The minimum atomic E-state index is -0.510. The Morgan fingerprint density at radius 1 is 1.29 bits per heavy atom. The second kappa shape index (κ2) is 7.90. The third kappa shape index (κ3) is 3.75. The van der Waals surface area contributed by atoms with Crippen molar-refractivity contribution in [2.45, 2.75) is 19.3 Å². The summed E-state index contributed by atoms with van der Waals surface area (Å²) in [5.74, 6) is 1.85. The van der Waals surface area contributed by atoms with Gasteiger partial charge in [-0.05, 0) is 43.1 Å². The van der Waals surface area contributed by atoms with Gasteiger partial charge in [-0.1, -0.05) is 12.2 Å².